The first-order valence-corrected chi connectivity index (χ1v) is 8.90. The maximum Gasteiger partial charge on any atom is 0.221 e. The van der Waals surface area contributed by atoms with Gasteiger partial charge in [-0.15, -0.1) is 0 Å². The average Bonchev–Trinajstić information content (AvgIpc) is 2.73. The van der Waals surface area contributed by atoms with Gasteiger partial charge in [-0.1, -0.05) is 39.8 Å². The van der Waals surface area contributed by atoms with E-state index < -0.39 is 0 Å². The van der Waals surface area contributed by atoms with Crippen LogP contribution in [0.1, 0.15) is 44.9 Å². The van der Waals surface area contributed by atoms with Crippen LogP contribution in [0.2, 0.25) is 0 Å². The Morgan fingerprint density at radius 2 is 1.81 bits per heavy atom. The fourth-order valence-corrected chi connectivity index (χ4v) is 2.12. The van der Waals surface area contributed by atoms with Crippen LogP contribution in [-0.2, 0) is 11.4 Å². The highest BCUT2D eigenvalue weighted by Crippen LogP contribution is 2.27. The fraction of sp³-hybridized carbons (Fsp3) is 0.400. The van der Waals surface area contributed by atoms with E-state index in [4.69, 9.17) is 14.3 Å². The number of ether oxygens (including phenoxy) is 2. The van der Waals surface area contributed by atoms with Gasteiger partial charge < -0.3 is 14.8 Å². The van der Waals surface area contributed by atoms with Crippen molar-refractivity contribution >= 4 is 12.1 Å². The van der Waals surface area contributed by atoms with Crippen molar-refractivity contribution in [3.05, 3.63) is 47.7 Å². The second-order valence-electron chi connectivity index (χ2n) is 5.36. The fourth-order valence-electron chi connectivity index (χ4n) is 2.12. The van der Waals surface area contributed by atoms with E-state index >= 15 is 0 Å². The van der Waals surface area contributed by atoms with Crippen LogP contribution in [0.15, 0.2) is 36.4 Å². The number of pyridine rings is 1. The predicted molar refractivity (Wildman–Crippen MR) is 110 cm³/mol. The summed E-state index contributed by atoms with van der Waals surface area (Å²) >= 11 is 0. The molecule has 2 rings (SSSR count). The second kappa shape index (κ2) is 14.4. The molecule has 0 radical (unpaired) electrons. The minimum Gasteiger partial charge on any atom is -0.496 e. The van der Waals surface area contributed by atoms with Crippen molar-refractivity contribution in [2.24, 2.45) is 5.84 Å². The summed E-state index contributed by atoms with van der Waals surface area (Å²) in [6.07, 6.45) is 0.403. The van der Waals surface area contributed by atoms with Gasteiger partial charge in [0.15, 0.2) is 0 Å². The molecule has 1 aromatic carbocycles. The SMILES string of the molecule is CC.CNc1cccc(OC)c1COc1cccc(C(C)C)n1.NNC=O. The molecule has 0 saturated heterocycles. The molecule has 0 saturated carbocycles. The van der Waals surface area contributed by atoms with Gasteiger partial charge >= 0.3 is 0 Å². The van der Waals surface area contributed by atoms with Crippen molar-refractivity contribution in [3.63, 3.8) is 0 Å². The summed E-state index contributed by atoms with van der Waals surface area (Å²) < 4.78 is 11.2. The van der Waals surface area contributed by atoms with Crippen LogP contribution < -0.4 is 26.1 Å². The minimum absolute atomic E-state index is 0.382. The van der Waals surface area contributed by atoms with E-state index in [1.165, 1.54) is 0 Å². The van der Waals surface area contributed by atoms with Gasteiger partial charge in [0.1, 0.15) is 12.4 Å². The number of anilines is 1. The maximum atomic E-state index is 8.94. The summed E-state index contributed by atoms with van der Waals surface area (Å²) in [5.74, 6) is 6.23. The average molecular weight is 377 g/mol. The minimum atomic E-state index is 0.382. The third kappa shape index (κ3) is 8.42. The number of methoxy groups -OCH3 is 1. The molecule has 0 fully saturated rings. The number of nitrogens with one attached hydrogen (secondary N) is 2. The Kier molecular flexibility index (Phi) is 12.9. The first-order chi connectivity index (χ1) is 13.1. The first kappa shape index (κ1) is 24.2. The van der Waals surface area contributed by atoms with Crippen LogP contribution in [0.3, 0.4) is 0 Å². The Balaban J connectivity index is 0.000000998. The summed E-state index contributed by atoms with van der Waals surface area (Å²) in [6.45, 7) is 8.64. The van der Waals surface area contributed by atoms with Gasteiger partial charge in [-0.05, 0) is 24.1 Å². The standard InChI is InChI=1S/C17H22N2O2.C2H6.CH4N2O/c1-12(2)14-7-6-10-17(19-14)21-11-13-15(18-3)8-5-9-16(13)20-4;1-2;2-3-1-4/h5-10,12,18H,11H2,1-4H3;1-2H3;1H,2H2,(H,3,4). The topological polar surface area (TPSA) is 98.5 Å². The van der Waals surface area contributed by atoms with Crippen LogP contribution >= 0.6 is 0 Å². The summed E-state index contributed by atoms with van der Waals surface area (Å²) in [4.78, 5) is 13.5. The first-order valence-electron chi connectivity index (χ1n) is 8.90. The van der Waals surface area contributed by atoms with E-state index in [0.29, 0.717) is 24.8 Å². The molecule has 0 atom stereocenters. The molecule has 4 N–H and O–H groups in total. The van der Waals surface area contributed by atoms with E-state index in [-0.39, 0.29) is 0 Å². The van der Waals surface area contributed by atoms with Gasteiger partial charge in [0, 0.05) is 24.5 Å². The van der Waals surface area contributed by atoms with Crippen LogP contribution in [0.25, 0.3) is 0 Å². The van der Waals surface area contributed by atoms with Crippen molar-refractivity contribution in [1.82, 2.24) is 10.4 Å². The molecule has 2 aromatic rings. The Bertz CT molecular complexity index is 641. The lowest BCUT2D eigenvalue weighted by atomic mass is 10.1. The molecule has 7 heteroatoms. The molecule has 1 heterocycles. The number of carbonyl (C=O) groups is 1. The largest absolute Gasteiger partial charge is 0.496 e. The number of amides is 1. The molecule has 0 bridgehead atoms. The van der Waals surface area contributed by atoms with Crippen molar-refractivity contribution in [2.75, 3.05) is 19.5 Å². The van der Waals surface area contributed by atoms with Gasteiger partial charge in [-0.2, -0.15) is 0 Å². The quantitative estimate of drug-likeness (QED) is 0.296. The number of nitrogens with zero attached hydrogens (tertiary/aromatic N) is 1. The summed E-state index contributed by atoms with van der Waals surface area (Å²) in [7, 11) is 3.55. The number of aromatic nitrogens is 1. The van der Waals surface area contributed by atoms with Crippen LogP contribution in [-0.4, -0.2) is 25.6 Å². The van der Waals surface area contributed by atoms with Crippen LogP contribution in [0, 0.1) is 0 Å². The van der Waals surface area contributed by atoms with Gasteiger partial charge in [0.2, 0.25) is 12.3 Å². The predicted octanol–water partition coefficient (Wildman–Crippen LogP) is 3.47. The van der Waals surface area contributed by atoms with Crippen molar-refractivity contribution in [3.8, 4) is 11.6 Å². The van der Waals surface area contributed by atoms with Crippen molar-refractivity contribution < 1.29 is 14.3 Å². The summed E-state index contributed by atoms with van der Waals surface area (Å²) in [5, 5.41) is 3.16. The van der Waals surface area contributed by atoms with E-state index in [1.54, 1.807) is 12.5 Å². The van der Waals surface area contributed by atoms with E-state index in [1.807, 2.05) is 57.3 Å². The van der Waals surface area contributed by atoms with E-state index in [9.17, 15) is 0 Å². The molecule has 150 valence electrons. The molecule has 1 amide bonds. The van der Waals surface area contributed by atoms with Gasteiger partial charge in [-0.3, -0.25) is 10.2 Å². The smallest absolute Gasteiger partial charge is 0.221 e. The molecular weight excluding hydrogens is 344 g/mol. The van der Waals surface area contributed by atoms with Gasteiger partial charge in [0.25, 0.3) is 0 Å². The highest BCUT2D eigenvalue weighted by atomic mass is 16.5. The maximum absolute atomic E-state index is 8.94. The van der Waals surface area contributed by atoms with Crippen LogP contribution in [0.4, 0.5) is 5.69 Å². The molecule has 27 heavy (non-hydrogen) atoms. The molecular formula is C20H32N4O3. The molecule has 0 aliphatic carbocycles. The van der Waals surface area contributed by atoms with Crippen molar-refractivity contribution in [1.29, 1.82) is 0 Å². The second-order valence-corrected chi connectivity index (χ2v) is 5.36. The van der Waals surface area contributed by atoms with Gasteiger partial charge in [0.05, 0.1) is 12.7 Å². The third-order valence-electron chi connectivity index (χ3n) is 3.39. The number of hydrogen-bond donors (Lipinski definition) is 3. The zero-order valence-corrected chi connectivity index (χ0v) is 17.1. The van der Waals surface area contributed by atoms with E-state index in [0.717, 1.165) is 22.7 Å². The lowest BCUT2D eigenvalue weighted by molar-refractivity contribution is -0.109. The monoisotopic (exact) mass is 376 g/mol. The molecule has 0 aliphatic rings. The molecule has 0 unspecified atom stereocenters. The van der Waals surface area contributed by atoms with Crippen LogP contribution in [0.5, 0.6) is 11.6 Å². The number of rotatable bonds is 7. The number of carbonyl (C=O) groups excluding carboxylic acids is 1. The Labute approximate surface area is 162 Å². The Morgan fingerprint density at radius 1 is 1.19 bits per heavy atom. The molecule has 0 spiro atoms. The van der Waals surface area contributed by atoms with Gasteiger partial charge in [-0.25, -0.2) is 10.8 Å². The normalized spacial score (nSPS) is 9.19. The van der Waals surface area contributed by atoms with Crippen molar-refractivity contribution in [2.45, 2.75) is 40.2 Å². The zero-order valence-electron chi connectivity index (χ0n) is 17.1. The number of nitrogens with two attached hydrogens (primary N) is 1. The molecule has 7 nitrogen and oxygen atoms in total. The lowest BCUT2D eigenvalue weighted by Gasteiger charge is -2.14. The van der Waals surface area contributed by atoms with E-state index in [2.05, 4.69) is 30.0 Å². The molecule has 0 aliphatic heterocycles. The molecule has 1 aromatic heterocycles. The third-order valence-corrected chi connectivity index (χ3v) is 3.39. The highest BCUT2D eigenvalue weighted by molar-refractivity contribution is 5.57. The Morgan fingerprint density at radius 3 is 2.33 bits per heavy atom. The Hall–Kier alpha value is -2.80. The number of hydrogen-bond acceptors (Lipinski definition) is 6. The number of hydrazine groups is 1. The highest BCUT2D eigenvalue weighted by Gasteiger charge is 2.10. The zero-order chi connectivity index (χ0) is 20.7. The summed E-state index contributed by atoms with van der Waals surface area (Å²) in [5.41, 5.74) is 4.76. The lowest BCUT2D eigenvalue weighted by Crippen LogP contribution is -2.18. The summed E-state index contributed by atoms with van der Waals surface area (Å²) in [6, 6.07) is 11.7. The number of benzene rings is 1.